The Morgan fingerprint density at radius 2 is 1.71 bits per heavy atom. The molecule has 0 aliphatic heterocycles. The predicted molar refractivity (Wildman–Crippen MR) is 84.6 cm³/mol. The molecule has 0 radical (unpaired) electrons. The van der Waals surface area contributed by atoms with E-state index in [4.69, 9.17) is 4.42 Å². The lowest BCUT2D eigenvalue weighted by atomic mass is 10.2. The monoisotopic (exact) mass is 349 g/mol. The molecule has 3 aromatic rings. The summed E-state index contributed by atoms with van der Waals surface area (Å²) in [7, 11) is -3.50. The summed E-state index contributed by atoms with van der Waals surface area (Å²) in [5.41, 5.74) is 1.15. The SMILES string of the molecule is O=S(=O)(Cc1ccc(F)cc1)Cc1coc(-c2cccc(F)c2)n1. The van der Waals surface area contributed by atoms with Crippen molar-refractivity contribution < 1.29 is 21.6 Å². The van der Waals surface area contributed by atoms with Crippen LogP contribution in [-0.2, 0) is 21.3 Å². The van der Waals surface area contributed by atoms with Gasteiger partial charge < -0.3 is 4.42 Å². The third-order valence-corrected chi connectivity index (χ3v) is 4.80. The summed E-state index contributed by atoms with van der Waals surface area (Å²) in [6, 6.07) is 10.9. The van der Waals surface area contributed by atoms with Gasteiger partial charge in [0.2, 0.25) is 5.89 Å². The smallest absolute Gasteiger partial charge is 0.226 e. The van der Waals surface area contributed by atoms with Crippen molar-refractivity contribution in [2.75, 3.05) is 0 Å². The summed E-state index contributed by atoms with van der Waals surface area (Å²) in [6.45, 7) is 0. The van der Waals surface area contributed by atoms with Crippen molar-refractivity contribution >= 4 is 9.84 Å². The Kier molecular flexibility index (Phi) is 4.44. The Labute approximate surface area is 137 Å². The first-order valence-electron chi connectivity index (χ1n) is 7.06. The van der Waals surface area contributed by atoms with Crippen LogP contribution in [0.25, 0.3) is 11.5 Å². The van der Waals surface area contributed by atoms with Crippen molar-refractivity contribution in [3.8, 4) is 11.5 Å². The minimum Gasteiger partial charge on any atom is -0.444 e. The molecule has 0 saturated carbocycles. The topological polar surface area (TPSA) is 60.2 Å². The Hall–Kier alpha value is -2.54. The molecule has 3 rings (SSSR count). The Bertz CT molecular complexity index is 950. The maximum atomic E-state index is 13.2. The van der Waals surface area contributed by atoms with E-state index in [0.29, 0.717) is 11.1 Å². The van der Waals surface area contributed by atoms with E-state index in [1.165, 1.54) is 48.7 Å². The van der Waals surface area contributed by atoms with E-state index >= 15 is 0 Å². The van der Waals surface area contributed by atoms with Crippen LogP contribution in [0, 0.1) is 11.6 Å². The van der Waals surface area contributed by atoms with Gasteiger partial charge in [-0.15, -0.1) is 0 Å². The molecular formula is C17H13F2NO3S. The Balaban J connectivity index is 1.75. The summed E-state index contributed by atoms with van der Waals surface area (Å²) < 4.78 is 55.7. The van der Waals surface area contributed by atoms with Gasteiger partial charge in [0, 0.05) is 5.56 Å². The quantitative estimate of drug-likeness (QED) is 0.704. The van der Waals surface area contributed by atoms with Gasteiger partial charge in [0.15, 0.2) is 9.84 Å². The fourth-order valence-corrected chi connectivity index (χ4v) is 3.62. The third kappa shape index (κ3) is 4.05. The molecule has 1 heterocycles. The molecule has 124 valence electrons. The standard InChI is InChI=1S/C17H13F2NO3S/c18-14-6-4-12(5-7-14)10-24(21,22)11-16-9-23-17(20-16)13-2-1-3-15(19)8-13/h1-9H,10-11H2. The molecule has 4 nitrogen and oxygen atoms in total. The van der Waals surface area contributed by atoms with Gasteiger partial charge in [0.25, 0.3) is 0 Å². The first-order valence-corrected chi connectivity index (χ1v) is 8.89. The highest BCUT2D eigenvalue weighted by atomic mass is 32.2. The summed E-state index contributed by atoms with van der Waals surface area (Å²) in [5, 5.41) is 0. The first-order chi connectivity index (χ1) is 11.4. The molecule has 0 saturated heterocycles. The second kappa shape index (κ2) is 6.52. The molecule has 2 aromatic carbocycles. The summed E-state index contributed by atoms with van der Waals surface area (Å²) >= 11 is 0. The number of sulfone groups is 1. The number of aromatic nitrogens is 1. The summed E-state index contributed by atoms with van der Waals surface area (Å²) in [5.74, 6) is -1.25. The number of hydrogen-bond acceptors (Lipinski definition) is 4. The summed E-state index contributed by atoms with van der Waals surface area (Å²) in [6.07, 6.45) is 1.24. The average molecular weight is 349 g/mol. The number of oxazole rings is 1. The minimum atomic E-state index is -3.50. The molecule has 0 unspecified atom stereocenters. The van der Waals surface area contributed by atoms with Crippen molar-refractivity contribution in [1.29, 1.82) is 0 Å². The lowest BCUT2D eigenvalue weighted by molar-refractivity contribution is 0.570. The molecular weight excluding hydrogens is 336 g/mol. The molecule has 0 bridgehead atoms. The zero-order chi connectivity index (χ0) is 17.2. The minimum absolute atomic E-state index is 0.154. The molecule has 0 N–H and O–H groups in total. The molecule has 0 spiro atoms. The number of hydrogen-bond donors (Lipinski definition) is 0. The van der Waals surface area contributed by atoms with Gasteiger partial charge in [-0.1, -0.05) is 18.2 Å². The van der Waals surface area contributed by atoms with Crippen LogP contribution < -0.4 is 0 Å². The van der Waals surface area contributed by atoms with Gasteiger partial charge in [0.05, 0.1) is 17.2 Å². The highest BCUT2D eigenvalue weighted by molar-refractivity contribution is 7.89. The van der Waals surface area contributed by atoms with Crippen molar-refractivity contribution in [3.63, 3.8) is 0 Å². The van der Waals surface area contributed by atoms with E-state index in [1.54, 1.807) is 6.07 Å². The van der Waals surface area contributed by atoms with Crippen LogP contribution in [0.1, 0.15) is 11.3 Å². The number of halogens is 2. The van der Waals surface area contributed by atoms with Gasteiger partial charge in [-0.05, 0) is 35.9 Å². The van der Waals surface area contributed by atoms with E-state index in [0.717, 1.165) is 0 Å². The van der Waals surface area contributed by atoms with E-state index in [9.17, 15) is 17.2 Å². The van der Waals surface area contributed by atoms with Gasteiger partial charge in [-0.3, -0.25) is 0 Å². The van der Waals surface area contributed by atoms with Crippen molar-refractivity contribution in [1.82, 2.24) is 4.98 Å². The lowest BCUT2D eigenvalue weighted by Gasteiger charge is -2.02. The van der Waals surface area contributed by atoms with E-state index in [1.807, 2.05) is 0 Å². The van der Waals surface area contributed by atoms with Gasteiger partial charge in [-0.25, -0.2) is 22.2 Å². The highest BCUT2D eigenvalue weighted by Gasteiger charge is 2.17. The van der Waals surface area contributed by atoms with Crippen LogP contribution in [0.2, 0.25) is 0 Å². The molecule has 7 heteroatoms. The molecule has 1 aromatic heterocycles. The van der Waals surface area contributed by atoms with Gasteiger partial charge >= 0.3 is 0 Å². The molecule has 0 aliphatic carbocycles. The Morgan fingerprint density at radius 1 is 0.958 bits per heavy atom. The average Bonchev–Trinajstić information content (AvgIpc) is 2.97. The van der Waals surface area contributed by atoms with Gasteiger partial charge in [0.1, 0.15) is 17.9 Å². The van der Waals surface area contributed by atoms with E-state index < -0.39 is 21.5 Å². The molecule has 0 aliphatic rings. The third-order valence-electron chi connectivity index (χ3n) is 3.29. The normalized spacial score (nSPS) is 11.6. The van der Waals surface area contributed by atoms with Crippen LogP contribution in [-0.4, -0.2) is 13.4 Å². The van der Waals surface area contributed by atoms with Crippen molar-refractivity contribution in [3.05, 3.63) is 77.7 Å². The van der Waals surface area contributed by atoms with E-state index in [2.05, 4.69) is 4.98 Å². The summed E-state index contributed by atoms with van der Waals surface area (Å²) in [4.78, 5) is 4.09. The molecule has 0 amide bonds. The van der Waals surface area contributed by atoms with Crippen LogP contribution in [0.3, 0.4) is 0 Å². The second-order valence-electron chi connectivity index (χ2n) is 5.31. The zero-order valence-corrected chi connectivity index (χ0v) is 13.3. The van der Waals surface area contributed by atoms with Crippen molar-refractivity contribution in [2.45, 2.75) is 11.5 Å². The fraction of sp³-hybridized carbons (Fsp3) is 0.118. The lowest BCUT2D eigenvalue weighted by Crippen LogP contribution is -2.08. The highest BCUT2D eigenvalue weighted by Crippen LogP contribution is 2.21. The largest absolute Gasteiger partial charge is 0.444 e. The molecule has 0 atom stereocenters. The zero-order valence-electron chi connectivity index (χ0n) is 12.4. The number of nitrogens with zero attached hydrogens (tertiary/aromatic N) is 1. The number of benzene rings is 2. The fourth-order valence-electron chi connectivity index (χ4n) is 2.24. The van der Waals surface area contributed by atoms with Crippen LogP contribution >= 0.6 is 0 Å². The maximum Gasteiger partial charge on any atom is 0.226 e. The maximum absolute atomic E-state index is 13.2. The van der Waals surface area contributed by atoms with Crippen LogP contribution in [0.15, 0.2) is 59.2 Å². The Morgan fingerprint density at radius 3 is 2.42 bits per heavy atom. The molecule has 24 heavy (non-hydrogen) atoms. The van der Waals surface area contributed by atoms with Crippen LogP contribution in [0.5, 0.6) is 0 Å². The van der Waals surface area contributed by atoms with Crippen LogP contribution in [0.4, 0.5) is 8.78 Å². The molecule has 0 fully saturated rings. The first kappa shape index (κ1) is 16.3. The van der Waals surface area contributed by atoms with Crippen molar-refractivity contribution in [2.24, 2.45) is 0 Å². The predicted octanol–water partition coefficient (Wildman–Crippen LogP) is 3.73. The number of rotatable bonds is 5. The van der Waals surface area contributed by atoms with Gasteiger partial charge in [-0.2, -0.15) is 0 Å². The van der Waals surface area contributed by atoms with E-state index in [-0.39, 0.29) is 23.1 Å². The second-order valence-corrected chi connectivity index (χ2v) is 7.38.